The lowest BCUT2D eigenvalue weighted by atomic mass is 10.1. The Morgan fingerprint density at radius 2 is 2.06 bits per heavy atom. The minimum atomic E-state index is -0.507. The fraction of sp³-hybridized carbons (Fsp3) is 0.818. The van der Waals surface area contributed by atoms with Crippen LogP contribution >= 0.6 is 24.0 Å². The van der Waals surface area contributed by atoms with Crippen molar-refractivity contribution in [3.8, 4) is 0 Å². The molecule has 1 saturated heterocycles. The molecule has 0 radical (unpaired) electrons. The SMILES string of the molecule is NC(=S)C1(C(=O)NCCN2CCSCC2)CC1. The van der Waals surface area contributed by atoms with Gasteiger partial charge in [0.05, 0.1) is 10.4 Å². The molecule has 0 unspecified atom stereocenters. The minimum Gasteiger partial charge on any atom is -0.392 e. The van der Waals surface area contributed by atoms with E-state index in [-0.39, 0.29) is 5.91 Å². The van der Waals surface area contributed by atoms with E-state index in [9.17, 15) is 4.79 Å². The number of thiocarbonyl (C=S) groups is 1. The highest BCUT2D eigenvalue weighted by Crippen LogP contribution is 2.46. The molecular weight excluding hydrogens is 254 g/mol. The van der Waals surface area contributed by atoms with Crippen molar-refractivity contribution in [1.29, 1.82) is 0 Å². The smallest absolute Gasteiger partial charge is 0.233 e. The van der Waals surface area contributed by atoms with Gasteiger partial charge in [0.15, 0.2) is 0 Å². The Hall–Kier alpha value is -0.330. The van der Waals surface area contributed by atoms with Crippen LogP contribution in [0.25, 0.3) is 0 Å². The van der Waals surface area contributed by atoms with Crippen LogP contribution < -0.4 is 11.1 Å². The van der Waals surface area contributed by atoms with Crippen LogP contribution in [0.4, 0.5) is 0 Å². The van der Waals surface area contributed by atoms with E-state index >= 15 is 0 Å². The molecule has 17 heavy (non-hydrogen) atoms. The highest BCUT2D eigenvalue weighted by atomic mass is 32.2. The molecular formula is C11H19N3OS2. The van der Waals surface area contributed by atoms with Crippen molar-refractivity contribution in [3.05, 3.63) is 0 Å². The monoisotopic (exact) mass is 273 g/mol. The number of hydrogen-bond donors (Lipinski definition) is 2. The van der Waals surface area contributed by atoms with Gasteiger partial charge in [-0.3, -0.25) is 9.69 Å². The van der Waals surface area contributed by atoms with Crippen molar-refractivity contribution < 1.29 is 4.79 Å². The molecule has 1 heterocycles. The Bertz CT molecular complexity index is 312. The zero-order valence-corrected chi connectivity index (χ0v) is 11.5. The first-order valence-corrected chi connectivity index (χ1v) is 7.60. The van der Waals surface area contributed by atoms with E-state index < -0.39 is 5.41 Å². The number of amides is 1. The van der Waals surface area contributed by atoms with Crippen LogP contribution in [-0.4, -0.2) is 53.5 Å². The molecule has 0 aromatic heterocycles. The van der Waals surface area contributed by atoms with Gasteiger partial charge in [0.1, 0.15) is 0 Å². The summed E-state index contributed by atoms with van der Waals surface area (Å²) in [5, 5.41) is 2.96. The second-order valence-corrected chi connectivity index (χ2v) is 6.32. The van der Waals surface area contributed by atoms with Gasteiger partial charge in [-0.05, 0) is 12.8 Å². The number of nitrogens with two attached hydrogens (primary N) is 1. The summed E-state index contributed by atoms with van der Waals surface area (Å²) in [7, 11) is 0. The second-order valence-electron chi connectivity index (χ2n) is 4.66. The van der Waals surface area contributed by atoms with Gasteiger partial charge in [-0.2, -0.15) is 11.8 Å². The predicted molar refractivity (Wildman–Crippen MR) is 75.2 cm³/mol. The lowest BCUT2D eigenvalue weighted by molar-refractivity contribution is -0.124. The maximum absolute atomic E-state index is 11.9. The normalized spacial score (nSPS) is 23.1. The number of rotatable bonds is 5. The van der Waals surface area contributed by atoms with E-state index in [0.29, 0.717) is 11.5 Å². The number of hydrogen-bond acceptors (Lipinski definition) is 4. The zero-order chi connectivity index (χ0) is 12.3. The molecule has 96 valence electrons. The van der Waals surface area contributed by atoms with Crippen LogP contribution in [0.3, 0.4) is 0 Å². The molecule has 1 aliphatic heterocycles. The van der Waals surface area contributed by atoms with Crippen molar-refractivity contribution in [3.63, 3.8) is 0 Å². The van der Waals surface area contributed by atoms with Gasteiger partial charge >= 0.3 is 0 Å². The number of carbonyl (C=O) groups is 1. The van der Waals surface area contributed by atoms with Gasteiger partial charge in [-0.15, -0.1) is 0 Å². The minimum absolute atomic E-state index is 0.0244. The topological polar surface area (TPSA) is 58.4 Å². The van der Waals surface area contributed by atoms with Gasteiger partial charge in [-0.25, -0.2) is 0 Å². The standard InChI is InChI=1S/C11H19N3OS2/c12-9(16)11(1-2-11)10(15)13-3-4-14-5-7-17-8-6-14/h1-8H2,(H2,12,16)(H,13,15). The number of nitrogens with one attached hydrogen (secondary N) is 1. The van der Waals surface area contributed by atoms with Gasteiger partial charge in [-0.1, -0.05) is 12.2 Å². The lowest BCUT2D eigenvalue weighted by Gasteiger charge is -2.26. The van der Waals surface area contributed by atoms with Crippen LogP contribution in [-0.2, 0) is 4.79 Å². The summed E-state index contributed by atoms with van der Waals surface area (Å²) in [5.41, 5.74) is 5.10. The van der Waals surface area contributed by atoms with Crippen molar-refractivity contribution in [2.45, 2.75) is 12.8 Å². The number of nitrogens with zero attached hydrogens (tertiary/aromatic N) is 1. The van der Waals surface area contributed by atoms with Gasteiger partial charge in [0.2, 0.25) is 5.91 Å². The molecule has 1 saturated carbocycles. The van der Waals surface area contributed by atoms with E-state index in [4.69, 9.17) is 18.0 Å². The van der Waals surface area contributed by atoms with Gasteiger partial charge in [0.25, 0.3) is 0 Å². The molecule has 0 spiro atoms. The molecule has 1 amide bonds. The molecule has 2 fully saturated rings. The Kier molecular flexibility index (Phi) is 4.27. The van der Waals surface area contributed by atoms with Crippen molar-refractivity contribution in [2.24, 2.45) is 11.1 Å². The lowest BCUT2D eigenvalue weighted by Crippen LogP contribution is -2.44. The first-order valence-electron chi connectivity index (χ1n) is 6.03. The predicted octanol–water partition coefficient (Wildman–Crippen LogP) is 0.218. The largest absolute Gasteiger partial charge is 0.392 e. The first-order chi connectivity index (χ1) is 8.15. The first kappa shape index (κ1) is 13.1. The highest BCUT2D eigenvalue weighted by molar-refractivity contribution is 7.99. The number of carbonyl (C=O) groups excluding carboxylic acids is 1. The highest BCUT2D eigenvalue weighted by Gasteiger charge is 2.52. The van der Waals surface area contributed by atoms with E-state index in [1.165, 1.54) is 11.5 Å². The summed E-state index contributed by atoms with van der Waals surface area (Å²) in [6.45, 7) is 3.88. The summed E-state index contributed by atoms with van der Waals surface area (Å²) in [4.78, 5) is 14.6. The second kappa shape index (κ2) is 5.54. The third-order valence-corrected chi connectivity index (χ3v) is 4.81. The molecule has 0 bridgehead atoms. The Morgan fingerprint density at radius 3 is 2.59 bits per heavy atom. The molecule has 6 heteroatoms. The molecule has 3 N–H and O–H groups in total. The quantitative estimate of drug-likeness (QED) is 0.702. The molecule has 0 atom stereocenters. The van der Waals surface area contributed by atoms with Crippen molar-refractivity contribution >= 4 is 34.9 Å². The number of thioether (sulfide) groups is 1. The molecule has 2 rings (SSSR count). The van der Waals surface area contributed by atoms with Crippen molar-refractivity contribution in [1.82, 2.24) is 10.2 Å². The van der Waals surface area contributed by atoms with Crippen molar-refractivity contribution in [2.75, 3.05) is 37.7 Å². The van der Waals surface area contributed by atoms with Crippen LogP contribution in [0.2, 0.25) is 0 Å². The molecule has 4 nitrogen and oxygen atoms in total. The summed E-state index contributed by atoms with van der Waals surface area (Å²) in [6, 6.07) is 0. The maximum atomic E-state index is 11.9. The van der Waals surface area contributed by atoms with Crippen LogP contribution in [0.5, 0.6) is 0 Å². The third-order valence-electron chi connectivity index (χ3n) is 3.47. The molecule has 1 aliphatic carbocycles. The summed E-state index contributed by atoms with van der Waals surface area (Å²) >= 11 is 6.94. The summed E-state index contributed by atoms with van der Waals surface area (Å²) in [6.07, 6.45) is 1.63. The zero-order valence-electron chi connectivity index (χ0n) is 9.91. The Labute approximate surface area is 112 Å². The fourth-order valence-electron chi connectivity index (χ4n) is 2.03. The fourth-order valence-corrected chi connectivity index (χ4v) is 3.31. The van der Waals surface area contributed by atoms with E-state index in [0.717, 1.165) is 32.5 Å². The molecule has 0 aromatic carbocycles. The van der Waals surface area contributed by atoms with Gasteiger partial charge in [0, 0.05) is 37.7 Å². The Balaban J connectivity index is 1.68. The van der Waals surface area contributed by atoms with E-state index in [1.807, 2.05) is 11.8 Å². The van der Waals surface area contributed by atoms with E-state index in [2.05, 4.69) is 10.2 Å². The average Bonchev–Trinajstić information content (AvgIpc) is 3.11. The van der Waals surface area contributed by atoms with Crippen LogP contribution in [0.15, 0.2) is 0 Å². The average molecular weight is 273 g/mol. The maximum Gasteiger partial charge on any atom is 0.233 e. The van der Waals surface area contributed by atoms with E-state index in [1.54, 1.807) is 0 Å². The Morgan fingerprint density at radius 1 is 1.41 bits per heavy atom. The molecule has 0 aromatic rings. The van der Waals surface area contributed by atoms with Crippen LogP contribution in [0.1, 0.15) is 12.8 Å². The van der Waals surface area contributed by atoms with Crippen LogP contribution in [0, 0.1) is 5.41 Å². The van der Waals surface area contributed by atoms with Gasteiger partial charge < -0.3 is 11.1 Å². The summed E-state index contributed by atoms with van der Waals surface area (Å²) < 4.78 is 0. The summed E-state index contributed by atoms with van der Waals surface area (Å²) in [5.74, 6) is 2.42. The molecule has 2 aliphatic rings. The third kappa shape index (κ3) is 3.11.